The SMILES string of the molecule is Cc1ccc([C@H](NC(=O)CCCN2C(=O)c3ccccc3C2=O)c2ccccc2)cc1. The molecule has 31 heavy (non-hydrogen) atoms. The molecule has 5 heteroatoms. The molecule has 1 N–H and O–H groups in total. The number of hydrogen-bond acceptors (Lipinski definition) is 3. The van der Waals surface area contributed by atoms with Gasteiger partial charge < -0.3 is 5.32 Å². The molecule has 0 unspecified atom stereocenters. The number of carbonyl (C=O) groups excluding carboxylic acids is 3. The summed E-state index contributed by atoms with van der Waals surface area (Å²) in [6.07, 6.45) is 0.634. The largest absolute Gasteiger partial charge is 0.345 e. The number of hydrogen-bond donors (Lipinski definition) is 1. The van der Waals surface area contributed by atoms with Crippen LogP contribution in [0.5, 0.6) is 0 Å². The maximum absolute atomic E-state index is 12.7. The predicted octanol–water partition coefficient (Wildman–Crippen LogP) is 4.28. The Morgan fingerprint density at radius 3 is 1.97 bits per heavy atom. The van der Waals surface area contributed by atoms with Gasteiger partial charge in [0, 0.05) is 13.0 Å². The van der Waals surface area contributed by atoms with Crippen molar-refractivity contribution < 1.29 is 14.4 Å². The van der Waals surface area contributed by atoms with Crippen LogP contribution in [-0.2, 0) is 4.79 Å². The van der Waals surface area contributed by atoms with Crippen LogP contribution in [0.1, 0.15) is 56.3 Å². The van der Waals surface area contributed by atoms with Crippen LogP contribution < -0.4 is 5.32 Å². The second kappa shape index (κ2) is 8.96. The lowest BCUT2D eigenvalue weighted by Gasteiger charge is -2.20. The highest BCUT2D eigenvalue weighted by Gasteiger charge is 2.34. The van der Waals surface area contributed by atoms with Crippen molar-refractivity contribution in [2.24, 2.45) is 0 Å². The summed E-state index contributed by atoms with van der Waals surface area (Å²) in [5.74, 6) is -0.698. The number of rotatable bonds is 7. The fourth-order valence-electron chi connectivity index (χ4n) is 3.84. The molecule has 3 amide bonds. The van der Waals surface area contributed by atoms with Crippen molar-refractivity contribution in [2.75, 3.05) is 6.54 Å². The second-order valence-corrected chi connectivity index (χ2v) is 7.73. The molecule has 3 aromatic rings. The molecule has 4 rings (SSSR count). The van der Waals surface area contributed by atoms with E-state index in [1.165, 1.54) is 4.90 Å². The van der Waals surface area contributed by atoms with Crippen LogP contribution in [0.25, 0.3) is 0 Å². The average molecular weight is 412 g/mol. The second-order valence-electron chi connectivity index (χ2n) is 7.73. The topological polar surface area (TPSA) is 66.5 Å². The molecule has 0 aromatic heterocycles. The van der Waals surface area contributed by atoms with E-state index in [1.807, 2.05) is 61.5 Å². The Bertz CT molecular complexity index is 1070. The summed E-state index contributed by atoms with van der Waals surface area (Å²) < 4.78 is 0. The van der Waals surface area contributed by atoms with Gasteiger partial charge in [-0.1, -0.05) is 72.3 Å². The Morgan fingerprint density at radius 2 is 1.35 bits per heavy atom. The van der Waals surface area contributed by atoms with Crippen LogP contribution in [0, 0.1) is 6.92 Å². The minimum absolute atomic E-state index is 0.119. The highest BCUT2D eigenvalue weighted by Crippen LogP contribution is 2.24. The first kappa shape index (κ1) is 20.5. The van der Waals surface area contributed by atoms with Crippen LogP contribution in [-0.4, -0.2) is 29.2 Å². The van der Waals surface area contributed by atoms with Gasteiger partial charge in [-0.25, -0.2) is 0 Å². The number of benzene rings is 3. The van der Waals surface area contributed by atoms with E-state index in [-0.39, 0.29) is 36.7 Å². The summed E-state index contributed by atoms with van der Waals surface area (Å²) in [5, 5.41) is 3.11. The standard InChI is InChI=1S/C26H24N2O3/c1-18-13-15-20(16-14-18)24(19-8-3-2-4-9-19)27-23(29)12-7-17-28-25(30)21-10-5-6-11-22(21)26(28)31/h2-6,8-11,13-16,24H,7,12,17H2,1H3,(H,27,29)/t24-/m1/s1. The molecule has 0 saturated heterocycles. The van der Waals surface area contributed by atoms with Crippen molar-refractivity contribution in [1.29, 1.82) is 0 Å². The van der Waals surface area contributed by atoms with Crippen molar-refractivity contribution in [3.05, 3.63) is 107 Å². The summed E-state index contributed by atoms with van der Waals surface area (Å²) in [5.41, 5.74) is 4.02. The average Bonchev–Trinajstić information content (AvgIpc) is 3.04. The summed E-state index contributed by atoms with van der Waals surface area (Å²) in [6, 6.07) is 24.5. The quantitative estimate of drug-likeness (QED) is 0.589. The Labute approximate surface area is 181 Å². The molecule has 1 atom stereocenters. The van der Waals surface area contributed by atoms with E-state index in [9.17, 15) is 14.4 Å². The van der Waals surface area contributed by atoms with Gasteiger partial charge in [-0.05, 0) is 36.6 Å². The van der Waals surface area contributed by atoms with Gasteiger partial charge in [0.2, 0.25) is 5.91 Å². The highest BCUT2D eigenvalue weighted by molar-refractivity contribution is 6.21. The third-order valence-corrected chi connectivity index (χ3v) is 5.51. The number of nitrogens with zero attached hydrogens (tertiary/aromatic N) is 1. The lowest BCUT2D eigenvalue weighted by Crippen LogP contribution is -2.33. The molecule has 0 saturated carbocycles. The lowest BCUT2D eigenvalue weighted by molar-refractivity contribution is -0.121. The number of fused-ring (bicyclic) bond motifs is 1. The Balaban J connectivity index is 1.39. The van der Waals surface area contributed by atoms with Gasteiger partial charge in [0.15, 0.2) is 0 Å². The molecule has 1 heterocycles. The van der Waals surface area contributed by atoms with Crippen molar-refractivity contribution in [3.63, 3.8) is 0 Å². The summed E-state index contributed by atoms with van der Waals surface area (Å²) in [7, 11) is 0. The van der Waals surface area contributed by atoms with Crippen LogP contribution in [0.15, 0.2) is 78.9 Å². The smallest absolute Gasteiger partial charge is 0.261 e. The minimum Gasteiger partial charge on any atom is -0.345 e. The van der Waals surface area contributed by atoms with Crippen LogP contribution in [0.3, 0.4) is 0 Å². The zero-order valence-electron chi connectivity index (χ0n) is 17.4. The van der Waals surface area contributed by atoms with E-state index in [4.69, 9.17) is 0 Å². The molecule has 0 aliphatic carbocycles. The Hall–Kier alpha value is -3.73. The van der Waals surface area contributed by atoms with Gasteiger partial charge >= 0.3 is 0 Å². The first-order chi connectivity index (χ1) is 15.0. The fourth-order valence-corrected chi connectivity index (χ4v) is 3.84. The number of amides is 3. The molecule has 1 aliphatic rings. The molecular weight excluding hydrogens is 388 g/mol. The van der Waals surface area contributed by atoms with E-state index in [0.717, 1.165) is 16.7 Å². The van der Waals surface area contributed by atoms with E-state index < -0.39 is 0 Å². The first-order valence-electron chi connectivity index (χ1n) is 10.4. The Kier molecular flexibility index (Phi) is 5.94. The molecular formula is C26H24N2O3. The normalized spacial score (nSPS) is 13.8. The summed E-state index contributed by atoms with van der Waals surface area (Å²) >= 11 is 0. The molecule has 0 spiro atoms. The van der Waals surface area contributed by atoms with E-state index >= 15 is 0 Å². The number of aryl methyl sites for hydroxylation is 1. The molecule has 156 valence electrons. The molecule has 3 aromatic carbocycles. The van der Waals surface area contributed by atoms with E-state index in [1.54, 1.807) is 24.3 Å². The minimum atomic E-state index is -0.289. The monoisotopic (exact) mass is 412 g/mol. The molecule has 0 fully saturated rings. The lowest BCUT2D eigenvalue weighted by atomic mass is 9.97. The van der Waals surface area contributed by atoms with Crippen molar-refractivity contribution in [1.82, 2.24) is 10.2 Å². The fraction of sp³-hybridized carbons (Fsp3) is 0.192. The van der Waals surface area contributed by atoms with Gasteiger partial charge in [0.25, 0.3) is 11.8 Å². The first-order valence-corrected chi connectivity index (χ1v) is 10.4. The maximum atomic E-state index is 12.7. The maximum Gasteiger partial charge on any atom is 0.261 e. The van der Waals surface area contributed by atoms with Gasteiger partial charge in [0.1, 0.15) is 0 Å². The molecule has 0 bridgehead atoms. The Morgan fingerprint density at radius 1 is 0.806 bits per heavy atom. The molecule has 0 radical (unpaired) electrons. The third-order valence-electron chi connectivity index (χ3n) is 5.51. The summed E-state index contributed by atoms with van der Waals surface area (Å²) in [4.78, 5) is 38.9. The van der Waals surface area contributed by atoms with Crippen LogP contribution in [0.4, 0.5) is 0 Å². The van der Waals surface area contributed by atoms with Gasteiger partial charge in [-0.2, -0.15) is 0 Å². The number of imide groups is 1. The molecule has 5 nitrogen and oxygen atoms in total. The van der Waals surface area contributed by atoms with E-state index in [2.05, 4.69) is 5.32 Å². The van der Waals surface area contributed by atoms with E-state index in [0.29, 0.717) is 17.5 Å². The van der Waals surface area contributed by atoms with Crippen molar-refractivity contribution in [3.8, 4) is 0 Å². The highest BCUT2D eigenvalue weighted by atomic mass is 16.2. The van der Waals surface area contributed by atoms with Crippen LogP contribution >= 0.6 is 0 Å². The van der Waals surface area contributed by atoms with Gasteiger partial charge in [-0.15, -0.1) is 0 Å². The van der Waals surface area contributed by atoms with Crippen molar-refractivity contribution in [2.45, 2.75) is 25.8 Å². The van der Waals surface area contributed by atoms with Gasteiger partial charge in [0.05, 0.1) is 17.2 Å². The zero-order valence-corrected chi connectivity index (χ0v) is 17.4. The molecule has 1 aliphatic heterocycles. The zero-order chi connectivity index (χ0) is 21.8. The van der Waals surface area contributed by atoms with Crippen LogP contribution in [0.2, 0.25) is 0 Å². The predicted molar refractivity (Wildman–Crippen MR) is 119 cm³/mol. The third kappa shape index (κ3) is 4.40. The van der Waals surface area contributed by atoms with Gasteiger partial charge in [-0.3, -0.25) is 19.3 Å². The summed E-state index contributed by atoms with van der Waals surface area (Å²) in [6.45, 7) is 2.25. The van der Waals surface area contributed by atoms with Crippen molar-refractivity contribution >= 4 is 17.7 Å². The number of nitrogens with one attached hydrogen (secondary N) is 1. The number of carbonyl (C=O) groups is 3.